The highest BCUT2D eigenvalue weighted by Crippen LogP contribution is 2.41. The van der Waals surface area contributed by atoms with Crippen molar-refractivity contribution in [2.75, 3.05) is 0 Å². The van der Waals surface area contributed by atoms with Gasteiger partial charge in [-0.2, -0.15) is 0 Å². The summed E-state index contributed by atoms with van der Waals surface area (Å²) in [5, 5.41) is 12.1. The van der Waals surface area contributed by atoms with Crippen LogP contribution in [0.15, 0.2) is 53.7 Å². The van der Waals surface area contributed by atoms with Crippen LogP contribution in [0.1, 0.15) is 43.6 Å². The highest BCUT2D eigenvalue weighted by molar-refractivity contribution is 7.90. The predicted molar refractivity (Wildman–Crippen MR) is 101 cm³/mol. The Labute approximate surface area is 156 Å². The van der Waals surface area contributed by atoms with Crippen LogP contribution in [0, 0.1) is 10.1 Å². The molecular formula is C19H19N3O4S. The molecule has 0 unspecified atom stereocenters. The fourth-order valence-electron chi connectivity index (χ4n) is 3.94. The zero-order valence-electron chi connectivity index (χ0n) is 14.6. The van der Waals surface area contributed by atoms with E-state index in [1.807, 2.05) is 0 Å². The first-order chi connectivity index (χ1) is 13.0. The minimum atomic E-state index is -3.82. The first kappa shape index (κ1) is 17.7. The number of benzene rings is 1. The molecule has 0 bridgehead atoms. The Morgan fingerprint density at radius 3 is 2.44 bits per heavy atom. The first-order valence-electron chi connectivity index (χ1n) is 8.95. The predicted octanol–water partition coefficient (Wildman–Crippen LogP) is 4.23. The fourth-order valence-corrected chi connectivity index (χ4v) is 5.26. The minimum Gasteiger partial charge on any atom is -0.258 e. The Morgan fingerprint density at radius 1 is 1.07 bits per heavy atom. The van der Waals surface area contributed by atoms with Gasteiger partial charge in [-0.05, 0) is 37.0 Å². The van der Waals surface area contributed by atoms with Crippen LogP contribution < -0.4 is 0 Å². The monoisotopic (exact) mass is 385 g/mol. The number of hydrogen-bond donors (Lipinski definition) is 0. The van der Waals surface area contributed by atoms with Crippen molar-refractivity contribution < 1.29 is 13.3 Å². The van der Waals surface area contributed by atoms with E-state index in [9.17, 15) is 18.5 Å². The standard InChI is InChI=1S/C19H19N3O4S/c23-22(24)17-13-20-19-16(18(17)14-7-3-1-4-8-14)11-12-21(19)27(25,26)15-9-5-2-6-10-15/h2,5-6,9-14H,1,3-4,7-8H2. The molecule has 2 aromatic heterocycles. The maximum Gasteiger partial charge on any atom is 0.291 e. The van der Waals surface area contributed by atoms with Gasteiger partial charge >= 0.3 is 0 Å². The maximum atomic E-state index is 13.0. The summed E-state index contributed by atoms with van der Waals surface area (Å²) in [4.78, 5) is 15.5. The van der Waals surface area contributed by atoms with Crippen LogP contribution in [-0.2, 0) is 10.0 Å². The van der Waals surface area contributed by atoms with E-state index in [0.29, 0.717) is 10.9 Å². The average Bonchev–Trinajstić information content (AvgIpc) is 3.13. The molecule has 1 aromatic carbocycles. The van der Waals surface area contributed by atoms with Crippen molar-refractivity contribution in [2.24, 2.45) is 0 Å². The summed E-state index contributed by atoms with van der Waals surface area (Å²) in [7, 11) is -3.82. The highest BCUT2D eigenvalue weighted by Gasteiger charge is 2.29. The summed E-state index contributed by atoms with van der Waals surface area (Å²) in [5.41, 5.74) is 0.834. The molecule has 140 valence electrons. The van der Waals surface area contributed by atoms with Crippen molar-refractivity contribution in [1.82, 2.24) is 8.96 Å². The van der Waals surface area contributed by atoms with E-state index in [0.717, 1.165) is 36.1 Å². The fraction of sp³-hybridized carbons (Fsp3) is 0.316. The molecule has 1 aliphatic rings. The molecule has 0 amide bonds. The number of fused-ring (bicyclic) bond motifs is 1. The van der Waals surface area contributed by atoms with E-state index in [2.05, 4.69) is 4.98 Å². The van der Waals surface area contributed by atoms with Crippen molar-refractivity contribution in [3.05, 3.63) is 64.5 Å². The smallest absolute Gasteiger partial charge is 0.258 e. The molecule has 1 aliphatic carbocycles. The van der Waals surface area contributed by atoms with Crippen LogP contribution in [-0.4, -0.2) is 22.3 Å². The minimum absolute atomic E-state index is 0.0238. The van der Waals surface area contributed by atoms with Gasteiger partial charge < -0.3 is 0 Å². The molecule has 7 nitrogen and oxygen atoms in total. The van der Waals surface area contributed by atoms with E-state index < -0.39 is 14.9 Å². The van der Waals surface area contributed by atoms with Gasteiger partial charge in [0.05, 0.1) is 9.82 Å². The van der Waals surface area contributed by atoms with Crippen molar-refractivity contribution in [2.45, 2.75) is 42.9 Å². The number of nitro groups is 1. The van der Waals surface area contributed by atoms with Crippen LogP contribution in [0.5, 0.6) is 0 Å². The van der Waals surface area contributed by atoms with Gasteiger partial charge in [0.1, 0.15) is 6.20 Å². The Kier molecular flexibility index (Phi) is 4.43. The molecular weight excluding hydrogens is 366 g/mol. The molecule has 0 aliphatic heterocycles. The van der Waals surface area contributed by atoms with Crippen LogP contribution in [0.2, 0.25) is 0 Å². The summed E-state index contributed by atoms with van der Waals surface area (Å²) >= 11 is 0. The lowest BCUT2D eigenvalue weighted by Gasteiger charge is -2.22. The first-order valence-corrected chi connectivity index (χ1v) is 10.4. The Hall–Kier alpha value is -2.74. The van der Waals surface area contributed by atoms with Gasteiger partial charge in [0, 0.05) is 17.1 Å². The molecule has 0 saturated heterocycles. The molecule has 0 radical (unpaired) electrons. The van der Waals surface area contributed by atoms with Gasteiger partial charge in [-0.3, -0.25) is 10.1 Å². The number of pyridine rings is 1. The van der Waals surface area contributed by atoms with Gasteiger partial charge in [-0.25, -0.2) is 17.4 Å². The molecule has 0 spiro atoms. The van der Waals surface area contributed by atoms with Gasteiger partial charge in [0.15, 0.2) is 5.65 Å². The Morgan fingerprint density at radius 2 is 1.78 bits per heavy atom. The normalized spacial score (nSPS) is 15.9. The van der Waals surface area contributed by atoms with Gasteiger partial charge in [0.25, 0.3) is 15.7 Å². The third-order valence-corrected chi connectivity index (χ3v) is 6.89. The second-order valence-electron chi connectivity index (χ2n) is 6.82. The molecule has 0 atom stereocenters. The van der Waals surface area contributed by atoms with E-state index in [4.69, 9.17) is 0 Å². The molecule has 2 heterocycles. The second-order valence-corrected chi connectivity index (χ2v) is 8.63. The van der Waals surface area contributed by atoms with Crippen molar-refractivity contribution in [3.8, 4) is 0 Å². The quantitative estimate of drug-likeness (QED) is 0.495. The number of rotatable bonds is 4. The van der Waals surface area contributed by atoms with Crippen molar-refractivity contribution >= 4 is 26.7 Å². The average molecular weight is 385 g/mol. The largest absolute Gasteiger partial charge is 0.291 e. The number of nitrogens with zero attached hydrogens (tertiary/aromatic N) is 3. The third-order valence-electron chi connectivity index (χ3n) is 5.21. The molecule has 1 fully saturated rings. The topological polar surface area (TPSA) is 95.1 Å². The summed E-state index contributed by atoms with van der Waals surface area (Å²) in [6, 6.07) is 9.74. The zero-order chi connectivity index (χ0) is 19.0. The second kappa shape index (κ2) is 6.77. The van der Waals surface area contributed by atoms with Crippen LogP contribution in [0.3, 0.4) is 0 Å². The van der Waals surface area contributed by atoms with Gasteiger partial charge in [0.2, 0.25) is 0 Å². The van der Waals surface area contributed by atoms with E-state index in [1.165, 1.54) is 24.5 Å². The van der Waals surface area contributed by atoms with Crippen LogP contribution >= 0.6 is 0 Å². The summed E-state index contributed by atoms with van der Waals surface area (Å²) in [6.07, 6.45) is 7.55. The van der Waals surface area contributed by atoms with Crippen molar-refractivity contribution in [3.63, 3.8) is 0 Å². The Balaban J connectivity index is 1.93. The third kappa shape index (κ3) is 2.99. The number of aromatic nitrogens is 2. The molecule has 8 heteroatoms. The van der Waals surface area contributed by atoms with Gasteiger partial charge in [-0.1, -0.05) is 37.5 Å². The lowest BCUT2D eigenvalue weighted by molar-refractivity contribution is -0.385. The molecule has 0 N–H and O–H groups in total. The van der Waals surface area contributed by atoms with E-state index in [-0.39, 0.29) is 22.1 Å². The molecule has 3 aromatic rings. The summed E-state index contributed by atoms with van der Waals surface area (Å²) < 4.78 is 27.1. The van der Waals surface area contributed by atoms with E-state index >= 15 is 0 Å². The van der Waals surface area contributed by atoms with Gasteiger partial charge in [-0.15, -0.1) is 0 Å². The Bertz CT molecular complexity index is 1100. The van der Waals surface area contributed by atoms with Crippen LogP contribution in [0.25, 0.3) is 11.0 Å². The SMILES string of the molecule is O=[N+]([O-])c1cnc2c(ccn2S(=O)(=O)c2ccccc2)c1C1CCCCC1. The maximum absolute atomic E-state index is 13.0. The zero-order valence-corrected chi connectivity index (χ0v) is 15.4. The lowest BCUT2D eigenvalue weighted by atomic mass is 9.82. The lowest BCUT2D eigenvalue weighted by Crippen LogP contribution is -2.13. The molecule has 1 saturated carbocycles. The van der Waals surface area contributed by atoms with Crippen LogP contribution in [0.4, 0.5) is 5.69 Å². The summed E-state index contributed by atoms with van der Waals surface area (Å²) in [5.74, 6) is 0.0555. The molecule has 4 rings (SSSR count). The highest BCUT2D eigenvalue weighted by atomic mass is 32.2. The summed E-state index contributed by atoms with van der Waals surface area (Å²) in [6.45, 7) is 0. The van der Waals surface area contributed by atoms with E-state index in [1.54, 1.807) is 24.3 Å². The number of hydrogen-bond acceptors (Lipinski definition) is 5. The molecule has 27 heavy (non-hydrogen) atoms. The van der Waals surface area contributed by atoms with Crippen molar-refractivity contribution in [1.29, 1.82) is 0 Å².